The first-order valence-electron chi connectivity index (χ1n) is 5.56. The van der Waals surface area contributed by atoms with Gasteiger partial charge in [0.25, 0.3) is 0 Å². The summed E-state index contributed by atoms with van der Waals surface area (Å²) in [5, 5.41) is 3.21. The fraction of sp³-hybridized carbons (Fsp3) is 0.455. The Bertz CT molecular complexity index is 490. The van der Waals surface area contributed by atoms with Crippen LogP contribution in [0.2, 0.25) is 0 Å². The molecule has 7 heteroatoms. The Morgan fingerprint density at radius 3 is 2.56 bits per heavy atom. The number of halogens is 2. The molecule has 0 aromatic heterocycles. The van der Waals surface area contributed by atoms with Gasteiger partial charge >= 0.3 is 0 Å². The molecule has 1 fully saturated rings. The predicted molar refractivity (Wildman–Crippen MR) is 77.6 cm³/mol. The third kappa shape index (κ3) is 4.20. The summed E-state index contributed by atoms with van der Waals surface area (Å²) >= 11 is 3.28. The van der Waals surface area contributed by atoms with Crippen molar-refractivity contribution in [3.8, 4) is 0 Å². The second-order valence-corrected chi connectivity index (χ2v) is 6.73. The van der Waals surface area contributed by atoms with Crippen LogP contribution in [0.3, 0.4) is 0 Å². The van der Waals surface area contributed by atoms with Crippen molar-refractivity contribution in [2.75, 3.05) is 13.1 Å². The van der Waals surface area contributed by atoms with Crippen LogP contribution in [0.4, 0.5) is 0 Å². The molecule has 2 rings (SSSR count). The van der Waals surface area contributed by atoms with Crippen molar-refractivity contribution in [3.63, 3.8) is 0 Å². The lowest BCUT2D eigenvalue weighted by molar-refractivity contribution is 0.427. The zero-order chi connectivity index (χ0) is 12.3. The van der Waals surface area contributed by atoms with Crippen molar-refractivity contribution in [2.24, 2.45) is 0 Å². The van der Waals surface area contributed by atoms with E-state index >= 15 is 0 Å². The van der Waals surface area contributed by atoms with E-state index < -0.39 is 10.0 Å². The van der Waals surface area contributed by atoms with Crippen molar-refractivity contribution < 1.29 is 8.42 Å². The quantitative estimate of drug-likeness (QED) is 0.870. The maximum Gasteiger partial charge on any atom is 0.240 e. The summed E-state index contributed by atoms with van der Waals surface area (Å²) < 4.78 is 27.7. The van der Waals surface area contributed by atoms with E-state index in [9.17, 15) is 8.42 Å². The largest absolute Gasteiger partial charge is 0.317 e. The Balaban J connectivity index is 0.00000162. The summed E-state index contributed by atoms with van der Waals surface area (Å²) in [5.41, 5.74) is 0. The summed E-state index contributed by atoms with van der Waals surface area (Å²) in [5.74, 6) is 0. The van der Waals surface area contributed by atoms with Gasteiger partial charge in [-0.15, -0.1) is 12.4 Å². The van der Waals surface area contributed by atoms with Gasteiger partial charge in [-0.05, 0) is 44.1 Å². The van der Waals surface area contributed by atoms with Gasteiger partial charge in [0.2, 0.25) is 10.0 Å². The standard InChI is InChI=1S/C11H15BrN2O2S.ClH/c12-9-2-1-3-11(8-9)17(15,16)14-10-4-6-13-7-5-10;/h1-3,8,10,13-14H,4-7H2;1H. The van der Waals surface area contributed by atoms with Crippen molar-refractivity contribution in [2.45, 2.75) is 23.8 Å². The molecule has 0 amide bonds. The molecule has 0 spiro atoms. The lowest BCUT2D eigenvalue weighted by Gasteiger charge is -2.23. The highest BCUT2D eigenvalue weighted by molar-refractivity contribution is 9.10. The number of sulfonamides is 1. The third-order valence-corrected chi connectivity index (χ3v) is 4.78. The fourth-order valence-corrected chi connectivity index (χ4v) is 3.76. The van der Waals surface area contributed by atoms with E-state index in [0.717, 1.165) is 30.4 Å². The number of benzene rings is 1. The lowest BCUT2D eigenvalue weighted by atomic mass is 10.1. The SMILES string of the molecule is Cl.O=S(=O)(NC1CCNCC1)c1cccc(Br)c1. The lowest BCUT2D eigenvalue weighted by Crippen LogP contribution is -2.42. The van der Waals surface area contributed by atoms with Crippen LogP contribution in [0.25, 0.3) is 0 Å². The highest BCUT2D eigenvalue weighted by Gasteiger charge is 2.21. The van der Waals surface area contributed by atoms with Crippen LogP contribution in [0.15, 0.2) is 33.6 Å². The summed E-state index contributed by atoms with van der Waals surface area (Å²) in [6.07, 6.45) is 1.68. The molecule has 102 valence electrons. The summed E-state index contributed by atoms with van der Waals surface area (Å²) in [7, 11) is -3.39. The molecule has 0 atom stereocenters. The normalized spacial score (nSPS) is 17.2. The monoisotopic (exact) mass is 354 g/mol. The minimum absolute atomic E-state index is 0. The highest BCUT2D eigenvalue weighted by Crippen LogP contribution is 2.17. The van der Waals surface area contributed by atoms with Crippen LogP contribution < -0.4 is 10.0 Å². The van der Waals surface area contributed by atoms with Crippen LogP contribution in [0.5, 0.6) is 0 Å². The summed E-state index contributed by atoms with van der Waals surface area (Å²) in [4.78, 5) is 0.311. The van der Waals surface area contributed by atoms with Crippen LogP contribution in [-0.2, 0) is 10.0 Å². The zero-order valence-electron chi connectivity index (χ0n) is 9.73. The number of rotatable bonds is 3. The van der Waals surface area contributed by atoms with Gasteiger partial charge in [0.05, 0.1) is 4.90 Å². The topological polar surface area (TPSA) is 58.2 Å². The molecular weight excluding hydrogens is 340 g/mol. The number of piperidine rings is 1. The Labute approximate surface area is 122 Å². The van der Waals surface area contributed by atoms with Gasteiger partial charge in [0.1, 0.15) is 0 Å². The third-order valence-electron chi connectivity index (χ3n) is 2.77. The first-order chi connectivity index (χ1) is 8.08. The highest BCUT2D eigenvalue weighted by atomic mass is 79.9. The van der Waals surface area contributed by atoms with E-state index in [0.29, 0.717) is 4.90 Å². The minimum atomic E-state index is -3.39. The van der Waals surface area contributed by atoms with Crippen molar-refractivity contribution in [3.05, 3.63) is 28.7 Å². The molecule has 1 heterocycles. The van der Waals surface area contributed by atoms with E-state index in [-0.39, 0.29) is 18.4 Å². The van der Waals surface area contributed by atoms with E-state index in [1.165, 1.54) is 0 Å². The molecule has 1 aromatic rings. The average Bonchev–Trinajstić information content (AvgIpc) is 2.30. The Kier molecular flexibility index (Phi) is 6.07. The molecule has 1 aromatic carbocycles. The van der Waals surface area contributed by atoms with Gasteiger partial charge in [-0.25, -0.2) is 13.1 Å². The van der Waals surface area contributed by atoms with Gasteiger partial charge < -0.3 is 5.32 Å². The maximum atomic E-state index is 12.1. The smallest absolute Gasteiger partial charge is 0.240 e. The first-order valence-corrected chi connectivity index (χ1v) is 7.84. The molecule has 0 saturated carbocycles. The molecule has 1 aliphatic heterocycles. The Morgan fingerprint density at radius 1 is 1.28 bits per heavy atom. The summed E-state index contributed by atoms with van der Waals surface area (Å²) in [6.45, 7) is 1.73. The Morgan fingerprint density at radius 2 is 1.94 bits per heavy atom. The van der Waals surface area contributed by atoms with E-state index in [4.69, 9.17) is 0 Å². The molecule has 0 unspecified atom stereocenters. The van der Waals surface area contributed by atoms with E-state index in [1.807, 2.05) is 6.07 Å². The molecule has 0 aliphatic carbocycles. The second-order valence-electron chi connectivity index (χ2n) is 4.10. The molecular formula is C11H16BrClN2O2S. The Hall–Kier alpha value is -0.140. The fourth-order valence-electron chi connectivity index (χ4n) is 1.86. The zero-order valence-corrected chi connectivity index (χ0v) is 12.9. The van der Waals surface area contributed by atoms with Crippen LogP contribution >= 0.6 is 28.3 Å². The van der Waals surface area contributed by atoms with Gasteiger partial charge in [0.15, 0.2) is 0 Å². The van der Waals surface area contributed by atoms with Crippen LogP contribution in [-0.4, -0.2) is 27.5 Å². The number of hydrogen-bond donors (Lipinski definition) is 2. The molecule has 1 saturated heterocycles. The molecule has 18 heavy (non-hydrogen) atoms. The minimum Gasteiger partial charge on any atom is -0.317 e. The predicted octanol–water partition coefficient (Wildman–Crippen LogP) is 1.90. The van der Waals surface area contributed by atoms with Crippen LogP contribution in [0.1, 0.15) is 12.8 Å². The van der Waals surface area contributed by atoms with Gasteiger partial charge in [-0.3, -0.25) is 0 Å². The van der Waals surface area contributed by atoms with Crippen LogP contribution in [0, 0.1) is 0 Å². The number of hydrogen-bond acceptors (Lipinski definition) is 3. The van der Waals surface area contributed by atoms with Gasteiger partial charge in [-0.2, -0.15) is 0 Å². The van der Waals surface area contributed by atoms with Crippen molar-refractivity contribution >= 4 is 38.4 Å². The van der Waals surface area contributed by atoms with E-state index in [1.54, 1.807) is 18.2 Å². The van der Waals surface area contributed by atoms with Crippen molar-refractivity contribution in [1.82, 2.24) is 10.0 Å². The molecule has 0 radical (unpaired) electrons. The molecule has 0 bridgehead atoms. The second kappa shape index (κ2) is 6.86. The molecule has 4 nitrogen and oxygen atoms in total. The number of nitrogens with one attached hydrogen (secondary N) is 2. The molecule has 1 aliphatic rings. The van der Waals surface area contributed by atoms with E-state index in [2.05, 4.69) is 26.0 Å². The summed E-state index contributed by atoms with van der Waals surface area (Å²) in [6, 6.07) is 6.79. The maximum absolute atomic E-state index is 12.1. The average molecular weight is 356 g/mol. The van der Waals surface area contributed by atoms with Crippen molar-refractivity contribution in [1.29, 1.82) is 0 Å². The first kappa shape index (κ1) is 15.9. The van der Waals surface area contributed by atoms with Gasteiger partial charge in [0, 0.05) is 10.5 Å². The molecule has 2 N–H and O–H groups in total. The van der Waals surface area contributed by atoms with Gasteiger partial charge in [-0.1, -0.05) is 22.0 Å².